The highest BCUT2D eigenvalue weighted by atomic mass is 16.5. The summed E-state index contributed by atoms with van der Waals surface area (Å²) in [5.74, 6) is -1.24. The molecule has 0 heterocycles. The minimum Gasteiger partial charge on any atom is -0.480 e. The molecule has 5 heteroatoms. The summed E-state index contributed by atoms with van der Waals surface area (Å²) in [6.45, 7) is 8.03. The summed E-state index contributed by atoms with van der Waals surface area (Å²) in [5.41, 5.74) is 5.16. The second-order valence-electron chi connectivity index (χ2n) is 2.88. The molecular formula is C9H17NO4. The van der Waals surface area contributed by atoms with Crippen LogP contribution in [0.15, 0.2) is 12.8 Å². The lowest BCUT2D eigenvalue weighted by molar-refractivity contribution is -0.139. The summed E-state index contributed by atoms with van der Waals surface area (Å²) in [6, 6.07) is -0.713. The van der Waals surface area contributed by atoms with Crippen molar-refractivity contribution in [2.75, 3.05) is 0 Å². The van der Waals surface area contributed by atoms with Gasteiger partial charge in [-0.3, -0.25) is 9.59 Å². The number of ether oxygens (including phenoxy) is 1. The maximum absolute atomic E-state index is 10.0. The van der Waals surface area contributed by atoms with E-state index in [9.17, 15) is 9.59 Å². The van der Waals surface area contributed by atoms with Crippen LogP contribution < -0.4 is 5.73 Å². The van der Waals surface area contributed by atoms with Crippen molar-refractivity contribution < 1.29 is 19.4 Å². The van der Waals surface area contributed by atoms with Crippen molar-refractivity contribution >= 4 is 11.9 Å². The van der Waals surface area contributed by atoms with Crippen LogP contribution in [-0.2, 0) is 14.3 Å². The first kappa shape index (κ1) is 15.1. The Morgan fingerprint density at radius 2 is 1.93 bits per heavy atom. The molecule has 1 unspecified atom stereocenters. The highest BCUT2D eigenvalue weighted by molar-refractivity contribution is 5.73. The van der Waals surface area contributed by atoms with Gasteiger partial charge in [0.05, 0.1) is 6.26 Å². The summed E-state index contributed by atoms with van der Waals surface area (Å²) >= 11 is 0. The van der Waals surface area contributed by atoms with E-state index in [4.69, 9.17) is 10.8 Å². The van der Waals surface area contributed by atoms with E-state index in [1.165, 1.54) is 6.92 Å². The van der Waals surface area contributed by atoms with E-state index in [0.29, 0.717) is 0 Å². The van der Waals surface area contributed by atoms with Crippen molar-refractivity contribution in [2.24, 2.45) is 11.7 Å². The molecule has 0 aliphatic heterocycles. The van der Waals surface area contributed by atoms with E-state index in [-0.39, 0.29) is 11.9 Å². The molecule has 0 saturated carbocycles. The Hall–Kier alpha value is -1.36. The molecule has 0 bridgehead atoms. The van der Waals surface area contributed by atoms with Gasteiger partial charge in [-0.15, -0.1) is 0 Å². The van der Waals surface area contributed by atoms with E-state index >= 15 is 0 Å². The third-order valence-corrected chi connectivity index (χ3v) is 1.25. The maximum atomic E-state index is 10.0. The van der Waals surface area contributed by atoms with Crippen LogP contribution in [0.4, 0.5) is 0 Å². The van der Waals surface area contributed by atoms with Gasteiger partial charge < -0.3 is 15.6 Å². The Morgan fingerprint density at radius 1 is 1.50 bits per heavy atom. The summed E-state index contributed by atoms with van der Waals surface area (Å²) < 4.78 is 4.17. The molecule has 3 N–H and O–H groups in total. The Morgan fingerprint density at radius 3 is 1.93 bits per heavy atom. The molecule has 0 fully saturated rings. The first-order valence-electron chi connectivity index (χ1n) is 4.09. The molecule has 14 heavy (non-hydrogen) atoms. The standard InChI is InChI=1S/C5H11NO2.C4H6O2/c1-3(2)4(6)5(7)8;1-3-6-4(2)5/h3-4H,6H2,1-2H3,(H,7,8);3H,1H2,2H3. The molecule has 5 nitrogen and oxygen atoms in total. The molecule has 0 rings (SSSR count). The fraction of sp³-hybridized carbons (Fsp3) is 0.556. The Labute approximate surface area is 83.5 Å². The predicted octanol–water partition coefficient (Wildman–Crippen LogP) is 0.747. The van der Waals surface area contributed by atoms with Crippen LogP contribution in [0.2, 0.25) is 0 Å². The van der Waals surface area contributed by atoms with E-state index in [1.54, 1.807) is 13.8 Å². The van der Waals surface area contributed by atoms with Crippen molar-refractivity contribution in [1.29, 1.82) is 0 Å². The largest absolute Gasteiger partial charge is 0.480 e. The molecule has 0 aliphatic rings. The molecule has 0 saturated heterocycles. The van der Waals surface area contributed by atoms with Crippen molar-refractivity contribution in [3.05, 3.63) is 12.8 Å². The molecule has 0 aliphatic carbocycles. The van der Waals surface area contributed by atoms with Gasteiger partial charge in [0.25, 0.3) is 0 Å². The number of carbonyl (C=O) groups excluding carboxylic acids is 1. The quantitative estimate of drug-likeness (QED) is 0.521. The number of aliphatic carboxylic acids is 1. The molecule has 82 valence electrons. The van der Waals surface area contributed by atoms with Gasteiger partial charge in [0.1, 0.15) is 6.04 Å². The first-order chi connectivity index (χ1) is 6.32. The lowest BCUT2D eigenvalue weighted by Gasteiger charge is -2.07. The number of rotatable bonds is 3. The summed E-state index contributed by atoms with van der Waals surface area (Å²) in [5, 5.41) is 8.23. The van der Waals surface area contributed by atoms with Crippen molar-refractivity contribution in [3.8, 4) is 0 Å². The second kappa shape index (κ2) is 8.25. The van der Waals surface area contributed by atoms with Gasteiger partial charge in [-0.1, -0.05) is 20.4 Å². The van der Waals surface area contributed by atoms with Crippen molar-refractivity contribution in [3.63, 3.8) is 0 Å². The molecule has 0 aromatic heterocycles. The Kier molecular flexibility index (Phi) is 8.91. The highest BCUT2D eigenvalue weighted by Gasteiger charge is 2.14. The molecule has 1 atom stereocenters. The van der Waals surface area contributed by atoms with Crippen molar-refractivity contribution in [1.82, 2.24) is 0 Å². The van der Waals surface area contributed by atoms with Gasteiger partial charge in [-0.2, -0.15) is 0 Å². The summed E-state index contributed by atoms with van der Waals surface area (Å²) in [7, 11) is 0. The number of carbonyl (C=O) groups is 2. The normalized spacial score (nSPS) is 10.9. The fourth-order valence-electron chi connectivity index (χ4n) is 0.403. The van der Waals surface area contributed by atoms with Crippen LogP contribution >= 0.6 is 0 Å². The minimum atomic E-state index is -0.931. The molecular weight excluding hydrogens is 186 g/mol. The van der Waals surface area contributed by atoms with Crippen LogP contribution in [0, 0.1) is 5.92 Å². The van der Waals surface area contributed by atoms with Gasteiger partial charge >= 0.3 is 11.9 Å². The third kappa shape index (κ3) is 10.6. The first-order valence-corrected chi connectivity index (χ1v) is 4.09. The van der Waals surface area contributed by atoms with Gasteiger partial charge in [0, 0.05) is 6.92 Å². The lowest BCUT2D eigenvalue weighted by atomic mass is 10.1. The second-order valence-corrected chi connectivity index (χ2v) is 2.88. The van der Waals surface area contributed by atoms with Crippen LogP contribution in [0.5, 0.6) is 0 Å². The molecule has 0 amide bonds. The van der Waals surface area contributed by atoms with Crippen molar-refractivity contribution in [2.45, 2.75) is 26.8 Å². The number of hydrogen-bond acceptors (Lipinski definition) is 4. The molecule has 0 radical (unpaired) electrons. The fourth-order valence-corrected chi connectivity index (χ4v) is 0.403. The number of carboxylic acid groups (broad SMARTS) is 1. The third-order valence-electron chi connectivity index (χ3n) is 1.25. The Balaban J connectivity index is 0. The molecule has 0 aromatic carbocycles. The zero-order chi connectivity index (χ0) is 11.7. The van der Waals surface area contributed by atoms with E-state index < -0.39 is 12.0 Å². The number of esters is 1. The van der Waals surface area contributed by atoms with Gasteiger partial charge in [0.2, 0.25) is 0 Å². The van der Waals surface area contributed by atoms with Crippen LogP contribution in [0.1, 0.15) is 20.8 Å². The number of nitrogens with two attached hydrogens (primary N) is 1. The van der Waals surface area contributed by atoms with Crippen LogP contribution in [-0.4, -0.2) is 23.1 Å². The van der Waals surface area contributed by atoms with Crippen LogP contribution in [0.3, 0.4) is 0 Å². The number of carboxylic acids is 1. The SMILES string of the molecule is C=COC(C)=O.CC(C)C(N)C(=O)O. The Bertz CT molecular complexity index is 201. The average Bonchev–Trinajstić information content (AvgIpc) is 2.03. The van der Waals surface area contributed by atoms with Gasteiger partial charge in [0.15, 0.2) is 0 Å². The zero-order valence-corrected chi connectivity index (χ0v) is 8.69. The smallest absolute Gasteiger partial charge is 0.320 e. The van der Waals surface area contributed by atoms with E-state index in [2.05, 4.69) is 11.3 Å². The highest BCUT2D eigenvalue weighted by Crippen LogP contribution is 1.96. The topological polar surface area (TPSA) is 89.6 Å². The summed E-state index contributed by atoms with van der Waals surface area (Å²) in [4.78, 5) is 19.8. The molecule has 0 spiro atoms. The zero-order valence-electron chi connectivity index (χ0n) is 8.69. The van der Waals surface area contributed by atoms with Crippen LogP contribution in [0.25, 0.3) is 0 Å². The van der Waals surface area contributed by atoms with Gasteiger partial charge in [-0.25, -0.2) is 0 Å². The van der Waals surface area contributed by atoms with E-state index in [0.717, 1.165) is 6.26 Å². The van der Waals surface area contributed by atoms with Gasteiger partial charge in [-0.05, 0) is 5.92 Å². The molecule has 0 aromatic rings. The maximum Gasteiger partial charge on any atom is 0.320 e. The monoisotopic (exact) mass is 203 g/mol. The summed E-state index contributed by atoms with van der Waals surface area (Å²) in [6.07, 6.45) is 1.10. The average molecular weight is 203 g/mol. The number of hydrogen-bond donors (Lipinski definition) is 2. The predicted molar refractivity (Wildman–Crippen MR) is 52.4 cm³/mol. The lowest BCUT2D eigenvalue weighted by Crippen LogP contribution is -2.34. The minimum absolute atomic E-state index is 0.0208. The van der Waals surface area contributed by atoms with E-state index in [1.807, 2.05) is 0 Å².